The molecule has 2 aromatic rings. The number of hydrogen-bond donors (Lipinski definition) is 2. The summed E-state index contributed by atoms with van der Waals surface area (Å²) in [5.74, 6) is -0.474. The first-order valence-electron chi connectivity index (χ1n) is 6.98. The van der Waals surface area contributed by atoms with Gasteiger partial charge >= 0.3 is 0 Å². The standard InChI is InChI=1S/C18H18N2O2/c1-3-11-19-17(21)14-8-6-9-15(12-14)18(22)20-16-10-5-4-7-13(16)2/h3-10,12H,1,11H2,2H3,(H,19,21)(H,20,22). The third-order valence-corrected chi connectivity index (χ3v) is 3.19. The van der Waals surface area contributed by atoms with E-state index >= 15 is 0 Å². The summed E-state index contributed by atoms with van der Waals surface area (Å²) in [7, 11) is 0. The summed E-state index contributed by atoms with van der Waals surface area (Å²) in [6.45, 7) is 5.86. The van der Waals surface area contributed by atoms with Gasteiger partial charge in [-0.1, -0.05) is 30.3 Å². The van der Waals surface area contributed by atoms with Crippen LogP contribution in [-0.4, -0.2) is 18.4 Å². The van der Waals surface area contributed by atoms with Crippen molar-refractivity contribution in [1.29, 1.82) is 0 Å². The van der Waals surface area contributed by atoms with Gasteiger partial charge in [-0.3, -0.25) is 9.59 Å². The normalized spacial score (nSPS) is 9.86. The summed E-state index contributed by atoms with van der Waals surface area (Å²) in [5, 5.41) is 5.53. The minimum absolute atomic E-state index is 0.231. The Bertz CT molecular complexity index is 708. The Morgan fingerprint density at radius 2 is 1.73 bits per heavy atom. The maximum atomic E-state index is 12.3. The van der Waals surface area contributed by atoms with Gasteiger partial charge in [-0.05, 0) is 36.8 Å². The molecule has 0 aliphatic heterocycles. The van der Waals surface area contributed by atoms with Gasteiger partial charge in [0.05, 0.1) is 0 Å². The molecule has 2 amide bonds. The highest BCUT2D eigenvalue weighted by atomic mass is 16.2. The SMILES string of the molecule is C=CCNC(=O)c1cccc(C(=O)Nc2ccccc2C)c1. The fourth-order valence-electron chi connectivity index (χ4n) is 1.98. The summed E-state index contributed by atoms with van der Waals surface area (Å²) in [6, 6.07) is 14.2. The Hall–Kier alpha value is -2.88. The molecule has 0 aromatic heterocycles. The number of hydrogen-bond acceptors (Lipinski definition) is 2. The van der Waals surface area contributed by atoms with Crippen molar-refractivity contribution in [2.45, 2.75) is 6.92 Å². The quantitative estimate of drug-likeness (QED) is 0.832. The monoisotopic (exact) mass is 294 g/mol. The van der Waals surface area contributed by atoms with Crippen molar-refractivity contribution in [3.63, 3.8) is 0 Å². The number of amides is 2. The molecule has 0 spiro atoms. The maximum Gasteiger partial charge on any atom is 0.255 e. The summed E-state index contributed by atoms with van der Waals surface area (Å²) in [5.41, 5.74) is 2.62. The predicted molar refractivity (Wildman–Crippen MR) is 88.1 cm³/mol. The third kappa shape index (κ3) is 3.82. The van der Waals surface area contributed by atoms with Crippen LogP contribution in [0.2, 0.25) is 0 Å². The first-order valence-corrected chi connectivity index (χ1v) is 6.98. The molecule has 4 nitrogen and oxygen atoms in total. The van der Waals surface area contributed by atoms with Gasteiger partial charge in [0.15, 0.2) is 0 Å². The zero-order chi connectivity index (χ0) is 15.9. The zero-order valence-electron chi connectivity index (χ0n) is 12.4. The van der Waals surface area contributed by atoms with Crippen LogP contribution in [-0.2, 0) is 0 Å². The van der Waals surface area contributed by atoms with E-state index in [0.29, 0.717) is 17.7 Å². The molecule has 0 unspecified atom stereocenters. The van der Waals surface area contributed by atoms with E-state index in [2.05, 4.69) is 17.2 Å². The van der Waals surface area contributed by atoms with Crippen molar-refractivity contribution in [2.24, 2.45) is 0 Å². The highest BCUT2D eigenvalue weighted by Gasteiger charge is 2.11. The Labute approximate surface area is 129 Å². The summed E-state index contributed by atoms with van der Waals surface area (Å²) in [4.78, 5) is 24.2. The topological polar surface area (TPSA) is 58.2 Å². The van der Waals surface area contributed by atoms with E-state index in [9.17, 15) is 9.59 Å². The van der Waals surface area contributed by atoms with Gasteiger partial charge in [-0.25, -0.2) is 0 Å². The Balaban J connectivity index is 2.15. The minimum Gasteiger partial charge on any atom is -0.349 e. The van der Waals surface area contributed by atoms with Crippen LogP contribution in [0.1, 0.15) is 26.3 Å². The molecule has 2 aromatic carbocycles. The minimum atomic E-state index is -0.243. The van der Waals surface area contributed by atoms with Crippen LogP contribution >= 0.6 is 0 Å². The lowest BCUT2D eigenvalue weighted by atomic mass is 10.1. The van der Waals surface area contributed by atoms with Crippen molar-refractivity contribution in [3.8, 4) is 0 Å². The van der Waals surface area contributed by atoms with Crippen molar-refractivity contribution in [2.75, 3.05) is 11.9 Å². The number of aryl methyl sites for hydroxylation is 1. The second kappa shape index (κ2) is 7.22. The highest BCUT2D eigenvalue weighted by molar-refractivity contribution is 6.06. The van der Waals surface area contributed by atoms with Crippen LogP contribution in [0.5, 0.6) is 0 Å². The molecular weight excluding hydrogens is 276 g/mol. The molecule has 4 heteroatoms. The van der Waals surface area contributed by atoms with E-state index in [1.807, 2.05) is 31.2 Å². The molecule has 2 rings (SSSR count). The lowest BCUT2D eigenvalue weighted by molar-refractivity contribution is 0.0958. The molecule has 112 valence electrons. The van der Waals surface area contributed by atoms with E-state index in [4.69, 9.17) is 0 Å². The Morgan fingerprint density at radius 3 is 2.41 bits per heavy atom. The number of benzene rings is 2. The van der Waals surface area contributed by atoms with E-state index in [1.54, 1.807) is 30.3 Å². The predicted octanol–water partition coefficient (Wildman–Crippen LogP) is 3.16. The zero-order valence-corrected chi connectivity index (χ0v) is 12.4. The molecule has 0 atom stereocenters. The van der Waals surface area contributed by atoms with Crippen LogP contribution in [0.3, 0.4) is 0 Å². The third-order valence-electron chi connectivity index (χ3n) is 3.19. The molecule has 0 aliphatic carbocycles. The molecule has 0 saturated carbocycles. The Morgan fingerprint density at radius 1 is 1.05 bits per heavy atom. The van der Waals surface area contributed by atoms with E-state index in [-0.39, 0.29) is 11.8 Å². The van der Waals surface area contributed by atoms with Gasteiger partial charge in [-0.15, -0.1) is 6.58 Å². The first-order chi connectivity index (χ1) is 10.6. The molecule has 22 heavy (non-hydrogen) atoms. The second-order valence-corrected chi connectivity index (χ2v) is 4.85. The number of para-hydroxylation sites is 1. The highest BCUT2D eigenvalue weighted by Crippen LogP contribution is 2.15. The number of carbonyl (C=O) groups excluding carboxylic acids is 2. The van der Waals surface area contributed by atoms with Gasteiger partial charge in [0.25, 0.3) is 11.8 Å². The number of anilines is 1. The van der Waals surface area contributed by atoms with Gasteiger partial charge in [0.1, 0.15) is 0 Å². The fraction of sp³-hybridized carbons (Fsp3) is 0.111. The molecular formula is C18H18N2O2. The van der Waals surface area contributed by atoms with Gasteiger partial charge in [-0.2, -0.15) is 0 Å². The van der Waals surface area contributed by atoms with Crippen LogP contribution in [0, 0.1) is 6.92 Å². The van der Waals surface area contributed by atoms with Gasteiger partial charge in [0, 0.05) is 23.4 Å². The average molecular weight is 294 g/mol. The van der Waals surface area contributed by atoms with Gasteiger partial charge < -0.3 is 10.6 Å². The van der Waals surface area contributed by atoms with Crippen LogP contribution in [0.25, 0.3) is 0 Å². The smallest absolute Gasteiger partial charge is 0.255 e. The number of nitrogens with one attached hydrogen (secondary N) is 2. The van der Waals surface area contributed by atoms with Crippen molar-refractivity contribution < 1.29 is 9.59 Å². The molecule has 0 bridgehead atoms. The molecule has 0 radical (unpaired) electrons. The molecule has 0 fully saturated rings. The molecule has 2 N–H and O–H groups in total. The molecule has 0 heterocycles. The van der Waals surface area contributed by atoms with Gasteiger partial charge in [0.2, 0.25) is 0 Å². The van der Waals surface area contributed by atoms with Crippen molar-refractivity contribution >= 4 is 17.5 Å². The van der Waals surface area contributed by atoms with Crippen LogP contribution < -0.4 is 10.6 Å². The lowest BCUT2D eigenvalue weighted by Gasteiger charge is -2.09. The second-order valence-electron chi connectivity index (χ2n) is 4.85. The van der Waals surface area contributed by atoms with Crippen molar-refractivity contribution in [3.05, 3.63) is 77.9 Å². The first kappa shape index (κ1) is 15.5. The summed E-state index contributed by atoms with van der Waals surface area (Å²) in [6.07, 6.45) is 1.60. The summed E-state index contributed by atoms with van der Waals surface area (Å²) < 4.78 is 0. The number of rotatable bonds is 5. The van der Waals surface area contributed by atoms with E-state index in [0.717, 1.165) is 11.3 Å². The van der Waals surface area contributed by atoms with Crippen molar-refractivity contribution in [1.82, 2.24) is 5.32 Å². The van der Waals surface area contributed by atoms with E-state index < -0.39 is 0 Å². The molecule has 0 aliphatic rings. The summed E-state index contributed by atoms with van der Waals surface area (Å²) >= 11 is 0. The lowest BCUT2D eigenvalue weighted by Crippen LogP contribution is -2.23. The average Bonchev–Trinajstić information content (AvgIpc) is 2.54. The maximum absolute atomic E-state index is 12.3. The Kier molecular flexibility index (Phi) is 5.09. The fourth-order valence-corrected chi connectivity index (χ4v) is 1.98. The van der Waals surface area contributed by atoms with Crippen LogP contribution in [0.4, 0.5) is 5.69 Å². The molecule has 0 saturated heterocycles. The van der Waals surface area contributed by atoms with Crippen LogP contribution in [0.15, 0.2) is 61.2 Å². The largest absolute Gasteiger partial charge is 0.349 e. The van der Waals surface area contributed by atoms with E-state index in [1.165, 1.54) is 0 Å². The number of carbonyl (C=O) groups is 2.